The number of rotatable bonds is 3. The minimum atomic E-state index is -0.326. The van der Waals surface area contributed by atoms with E-state index in [0.29, 0.717) is 23.2 Å². The molecule has 35 heavy (non-hydrogen) atoms. The highest BCUT2D eigenvalue weighted by molar-refractivity contribution is 7.16. The first-order valence-corrected chi connectivity index (χ1v) is 13.1. The van der Waals surface area contributed by atoms with Gasteiger partial charge in [-0.2, -0.15) is 0 Å². The Morgan fingerprint density at radius 2 is 1.77 bits per heavy atom. The zero-order valence-corrected chi connectivity index (χ0v) is 20.4. The number of amides is 2. The topological polar surface area (TPSA) is 73.4 Å². The number of aromatic nitrogens is 2. The summed E-state index contributed by atoms with van der Waals surface area (Å²) >= 11 is 1.59. The van der Waals surface area contributed by atoms with E-state index in [-0.39, 0.29) is 11.8 Å². The van der Waals surface area contributed by atoms with E-state index in [2.05, 4.69) is 56.1 Å². The molecule has 2 amide bonds. The number of piperazine rings is 1. The number of carbonyl (C=O) groups is 2. The highest BCUT2D eigenvalue weighted by Crippen LogP contribution is 2.41. The third kappa shape index (κ3) is 3.24. The number of imide groups is 1. The minimum Gasteiger partial charge on any atom is -0.352 e. The van der Waals surface area contributed by atoms with Crippen LogP contribution in [0, 0.1) is 0 Å². The molecule has 1 aromatic carbocycles. The van der Waals surface area contributed by atoms with Crippen LogP contribution in [0.1, 0.15) is 30.0 Å². The number of aromatic amines is 1. The summed E-state index contributed by atoms with van der Waals surface area (Å²) in [7, 11) is 2.21. The Bertz CT molecular complexity index is 1520. The van der Waals surface area contributed by atoms with Crippen LogP contribution in [0.3, 0.4) is 0 Å². The van der Waals surface area contributed by atoms with E-state index >= 15 is 0 Å². The Morgan fingerprint density at radius 1 is 0.943 bits per heavy atom. The Labute approximate surface area is 207 Å². The largest absolute Gasteiger partial charge is 0.352 e. The maximum atomic E-state index is 13.2. The summed E-state index contributed by atoms with van der Waals surface area (Å²) < 4.78 is 2.37. The number of H-pyrrole nitrogens is 1. The lowest BCUT2D eigenvalue weighted by Gasteiger charge is -2.45. The molecule has 0 aliphatic carbocycles. The van der Waals surface area contributed by atoms with Crippen molar-refractivity contribution in [3.63, 3.8) is 0 Å². The number of hydrogen-bond acceptors (Lipinski definition) is 5. The predicted molar refractivity (Wildman–Crippen MR) is 139 cm³/mol. The van der Waals surface area contributed by atoms with Crippen molar-refractivity contribution < 1.29 is 9.59 Å². The van der Waals surface area contributed by atoms with E-state index in [1.54, 1.807) is 11.3 Å². The summed E-state index contributed by atoms with van der Waals surface area (Å²) in [6.45, 7) is 4.46. The molecule has 6 heterocycles. The first-order chi connectivity index (χ1) is 17.1. The van der Waals surface area contributed by atoms with Gasteiger partial charge in [0.2, 0.25) is 0 Å². The van der Waals surface area contributed by atoms with Crippen molar-refractivity contribution in [1.82, 2.24) is 24.7 Å². The zero-order chi connectivity index (χ0) is 23.7. The van der Waals surface area contributed by atoms with Crippen LogP contribution in [0.15, 0.2) is 48.1 Å². The van der Waals surface area contributed by atoms with Crippen LogP contribution in [0.4, 0.5) is 0 Å². The van der Waals surface area contributed by atoms with Crippen LogP contribution in [-0.4, -0.2) is 70.4 Å². The number of thiophene rings is 1. The number of nitrogens with zero attached hydrogens (tertiary/aromatic N) is 3. The third-order valence-corrected chi connectivity index (χ3v) is 8.85. The van der Waals surface area contributed by atoms with E-state index in [0.717, 1.165) is 71.3 Å². The number of carbonyl (C=O) groups excluding carboxylic acids is 2. The lowest BCUT2D eigenvalue weighted by atomic mass is 9.94. The molecular formula is C27H27N5O2S. The van der Waals surface area contributed by atoms with Gasteiger partial charge >= 0.3 is 0 Å². The van der Waals surface area contributed by atoms with Gasteiger partial charge in [0.15, 0.2) is 0 Å². The van der Waals surface area contributed by atoms with Crippen molar-refractivity contribution in [3.05, 3.63) is 59.2 Å². The third-order valence-electron chi connectivity index (χ3n) is 8.01. The van der Waals surface area contributed by atoms with Gasteiger partial charge in [0, 0.05) is 78.1 Å². The number of piperidine rings is 1. The van der Waals surface area contributed by atoms with Crippen LogP contribution in [0.2, 0.25) is 0 Å². The van der Waals surface area contributed by atoms with Gasteiger partial charge in [-0.1, -0.05) is 18.2 Å². The lowest BCUT2D eigenvalue weighted by molar-refractivity contribution is -0.122. The summed E-state index contributed by atoms with van der Waals surface area (Å²) in [5.74, 6) is -0.645. The Kier molecular flexibility index (Phi) is 4.77. The van der Waals surface area contributed by atoms with E-state index in [9.17, 15) is 9.59 Å². The number of nitrogens with one attached hydrogen (secondary N) is 2. The monoisotopic (exact) mass is 485 g/mol. The summed E-state index contributed by atoms with van der Waals surface area (Å²) in [4.78, 5) is 35.6. The maximum absolute atomic E-state index is 13.2. The van der Waals surface area contributed by atoms with Crippen molar-refractivity contribution in [1.29, 1.82) is 0 Å². The second kappa shape index (κ2) is 7.91. The lowest BCUT2D eigenvalue weighted by Crippen LogP contribution is -2.55. The van der Waals surface area contributed by atoms with Gasteiger partial charge < -0.3 is 14.5 Å². The Balaban J connectivity index is 1.37. The molecular weight excluding hydrogens is 458 g/mol. The molecule has 2 unspecified atom stereocenters. The average molecular weight is 486 g/mol. The predicted octanol–water partition coefficient (Wildman–Crippen LogP) is 3.70. The molecule has 2 saturated heterocycles. The maximum Gasteiger partial charge on any atom is 0.259 e. The SMILES string of the molecule is CN1CCN2CCC(n3cc(C4=C(c5c[nH]c6sccc56)C(=O)NC4=O)c4ccccc43)CC2C1. The smallest absolute Gasteiger partial charge is 0.259 e. The molecule has 4 aromatic rings. The van der Waals surface area contributed by atoms with Crippen LogP contribution in [0.25, 0.3) is 32.3 Å². The second-order valence-corrected chi connectivity index (χ2v) is 10.9. The number of likely N-dealkylation sites (N-methyl/N-ethyl adjacent to an activating group) is 1. The van der Waals surface area contributed by atoms with E-state index in [1.165, 1.54) is 0 Å². The van der Waals surface area contributed by atoms with Crippen LogP contribution >= 0.6 is 11.3 Å². The van der Waals surface area contributed by atoms with Gasteiger partial charge in [-0.15, -0.1) is 11.3 Å². The van der Waals surface area contributed by atoms with Gasteiger partial charge in [-0.05, 0) is 37.4 Å². The Hall–Kier alpha value is -3.20. The van der Waals surface area contributed by atoms with Crippen molar-refractivity contribution in [3.8, 4) is 0 Å². The second-order valence-electron chi connectivity index (χ2n) is 10.00. The molecule has 3 aliphatic heterocycles. The van der Waals surface area contributed by atoms with Crippen molar-refractivity contribution in [2.24, 2.45) is 0 Å². The molecule has 0 bridgehead atoms. The molecule has 2 N–H and O–H groups in total. The summed E-state index contributed by atoms with van der Waals surface area (Å²) in [5, 5.41) is 6.57. The molecule has 178 valence electrons. The van der Waals surface area contributed by atoms with Gasteiger partial charge in [-0.25, -0.2) is 0 Å². The molecule has 7 nitrogen and oxygen atoms in total. The normalized spacial score (nSPS) is 24.0. The summed E-state index contributed by atoms with van der Waals surface area (Å²) in [6, 6.07) is 11.2. The molecule has 2 atom stereocenters. The van der Waals surface area contributed by atoms with Gasteiger partial charge in [0.05, 0.1) is 11.1 Å². The fraction of sp³-hybridized carbons (Fsp3) is 0.333. The Morgan fingerprint density at radius 3 is 2.66 bits per heavy atom. The summed E-state index contributed by atoms with van der Waals surface area (Å²) in [5.41, 5.74) is 3.69. The first kappa shape index (κ1) is 21.1. The molecule has 0 saturated carbocycles. The van der Waals surface area contributed by atoms with E-state index < -0.39 is 0 Å². The molecule has 2 fully saturated rings. The number of fused-ring (bicyclic) bond motifs is 3. The van der Waals surface area contributed by atoms with Gasteiger partial charge in [0.25, 0.3) is 11.8 Å². The van der Waals surface area contributed by atoms with E-state index in [4.69, 9.17) is 0 Å². The molecule has 0 spiro atoms. The number of hydrogen-bond donors (Lipinski definition) is 2. The molecule has 8 heteroatoms. The highest BCUT2D eigenvalue weighted by Gasteiger charge is 2.37. The standard InChI is InChI=1S/C27H27N5O2S/c1-30-9-10-31-8-6-16(12-17(31)14-30)32-15-21(18-4-2-3-5-22(18)32)24-23(25(33)29-26(24)34)20-13-28-27-19(20)7-11-35-27/h2-5,7,11,13,15-17,28H,6,8-10,12,14H2,1H3,(H,29,33,34). The molecule has 0 radical (unpaired) electrons. The van der Waals surface area contributed by atoms with Crippen molar-refractivity contribution >= 4 is 55.4 Å². The van der Waals surface area contributed by atoms with Gasteiger partial charge in [-0.3, -0.25) is 19.8 Å². The van der Waals surface area contributed by atoms with Crippen LogP contribution < -0.4 is 5.32 Å². The molecule has 3 aromatic heterocycles. The zero-order valence-electron chi connectivity index (χ0n) is 19.6. The fourth-order valence-corrected chi connectivity index (χ4v) is 7.07. The van der Waals surface area contributed by atoms with Crippen molar-refractivity contribution in [2.45, 2.75) is 24.9 Å². The summed E-state index contributed by atoms with van der Waals surface area (Å²) in [6.07, 6.45) is 6.15. The van der Waals surface area contributed by atoms with Gasteiger partial charge in [0.1, 0.15) is 4.83 Å². The molecule has 7 rings (SSSR count). The fourth-order valence-electron chi connectivity index (χ4n) is 6.30. The number of benzene rings is 1. The number of para-hydroxylation sites is 1. The molecule has 3 aliphatic rings. The van der Waals surface area contributed by atoms with E-state index in [1.807, 2.05) is 23.7 Å². The van der Waals surface area contributed by atoms with Crippen LogP contribution in [-0.2, 0) is 9.59 Å². The highest BCUT2D eigenvalue weighted by atomic mass is 32.1. The minimum absolute atomic E-state index is 0.318. The van der Waals surface area contributed by atoms with Crippen LogP contribution in [0.5, 0.6) is 0 Å². The quantitative estimate of drug-likeness (QED) is 0.434. The average Bonchev–Trinajstić information content (AvgIpc) is 3.61. The van der Waals surface area contributed by atoms with Crippen molar-refractivity contribution in [2.75, 3.05) is 33.2 Å². The first-order valence-electron chi connectivity index (χ1n) is 12.3.